The fourth-order valence-corrected chi connectivity index (χ4v) is 3.40. The van der Waals surface area contributed by atoms with Gasteiger partial charge < -0.3 is 0 Å². The lowest BCUT2D eigenvalue weighted by atomic mass is 9.86. The summed E-state index contributed by atoms with van der Waals surface area (Å²) >= 11 is 13.2. The molecule has 0 nitrogen and oxygen atoms in total. The largest absolute Gasteiger partial charge is 0.0843 e. The third-order valence-corrected chi connectivity index (χ3v) is 4.60. The van der Waals surface area contributed by atoms with E-state index in [0.717, 1.165) is 25.1 Å². The zero-order valence-corrected chi connectivity index (χ0v) is 15.0. The molecule has 0 heterocycles. The lowest BCUT2D eigenvalue weighted by Crippen LogP contribution is -2.10. The topological polar surface area (TPSA) is 0 Å². The Morgan fingerprint density at radius 2 is 1.37 bits per heavy atom. The van der Waals surface area contributed by atoms with Crippen LogP contribution in [0.15, 0.2) is 45.3 Å². The average Bonchev–Trinajstić information content (AvgIpc) is 2.28. The highest BCUT2D eigenvalue weighted by Crippen LogP contribution is 2.37. The summed E-state index contributed by atoms with van der Waals surface area (Å²) in [6.45, 7) is 6.64. The SMILES string of the molecule is CC(C)(C)c1ccc(-c2ccc(Cl)cc2Br)c(Br)c1. The highest BCUT2D eigenvalue weighted by Gasteiger charge is 2.16. The van der Waals surface area contributed by atoms with Gasteiger partial charge in [0.1, 0.15) is 0 Å². The molecule has 2 aromatic carbocycles. The molecule has 0 N–H and O–H groups in total. The Kier molecular flexibility index (Phi) is 4.44. The van der Waals surface area contributed by atoms with Crippen LogP contribution in [0.2, 0.25) is 5.02 Å². The van der Waals surface area contributed by atoms with Crippen LogP contribution in [-0.4, -0.2) is 0 Å². The molecular weight excluding hydrogens is 387 g/mol. The van der Waals surface area contributed by atoms with Gasteiger partial charge in [0.25, 0.3) is 0 Å². The summed E-state index contributed by atoms with van der Waals surface area (Å²) < 4.78 is 2.10. The Balaban J connectivity index is 2.52. The molecule has 3 heteroatoms. The van der Waals surface area contributed by atoms with Crippen LogP contribution in [0, 0.1) is 0 Å². The van der Waals surface area contributed by atoms with Crippen LogP contribution in [0.1, 0.15) is 26.3 Å². The molecule has 0 aliphatic rings. The van der Waals surface area contributed by atoms with Gasteiger partial charge >= 0.3 is 0 Å². The molecule has 0 amide bonds. The standard InChI is InChI=1S/C16H15Br2Cl/c1-16(2,3)10-4-6-12(14(17)8-10)13-7-5-11(19)9-15(13)18/h4-9H,1-3H3. The van der Waals surface area contributed by atoms with Gasteiger partial charge in [0.05, 0.1) is 0 Å². The van der Waals surface area contributed by atoms with Gasteiger partial charge in [-0.05, 0) is 40.3 Å². The van der Waals surface area contributed by atoms with Gasteiger partial charge in [-0.2, -0.15) is 0 Å². The van der Waals surface area contributed by atoms with Crippen molar-refractivity contribution < 1.29 is 0 Å². The maximum Gasteiger partial charge on any atom is 0.0417 e. The van der Waals surface area contributed by atoms with Gasteiger partial charge in [0.2, 0.25) is 0 Å². The normalized spacial score (nSPS) is 11.7. The fourth-order valence-electron chi connectivity index (χ4n) is 1.91. The van der Waals surface area contributed by atoms with Crippen LogP contribution in [0.4, 0.5) is 0 Å². The van der Waals surface area contributed by atoms with E-state index in [1.807, 2.05) is 18.2 Å². The van der Waals surface area contributed by atoms with E-state index in [1.165, 1.54) is 5.56 Å². The zero-order valence-electron chi connectivity index (χ0n) is 11.1. The van der Waals surface area contributed by atoms with E-state index in [-0.39, 0.29) is 5.41 Å². The third-order valence-electron chi connectivity index (χ3n) is 3.06. The van der Waals surface area contributed by atoms with Crippen molar-refractivity contribution in [2.45, 2.75) is 26.2 Å². The maximum absolute atomic E-state index is 5.99. The molecule has 0 saturated heterocycles. The molecule has 0 aromatic heterocycles. The minimum Gasteiger partial charge on any atom is -0.0843 e. The number of halogens is 3. The number of hydrogen-bond donors (Lipinski definition) is 0. The molecule has 0 atom stereocenters. The van der Waals surface area contributed by atoms with Crippen molar-refractivity contribution in [2.24, 2.45) is 0 Å². The summed E-state index contributed by atoms with van der Waals surface area (Å²) in [5.74, 6) is 0. The molecule has 0 bridgehead atoms. The van der Waals surface area contributed by atoms with Crippen LogP contribution in [0.3, 0.4) is 0 Å². The van der Waals surface area contributed by atoms with Gasteiger partial charge in [-0.15, -0.1) is 0 Å². The smallest absolute Gasteiger partial charge is 0.0417 e. The predicted octanol–water partition coefficient (Wildman–Crippen LogP) is 6.83. The number of hydrogen-bond acceptors (Lipinski definition) is 0. The first-order chi connectivity index (χ1) is 8.79. The molecule has 0 aliphatic carbocycles. The maximum atomic E-state index is 5.99. The second-order valence-corrected chi connectivity index (χ2v) is 7.71. The summed E-state index contributed by atoms with van der Waals surface area (Å²) in [6.07, 6.45) is 0. The lowest BCUT2D eigenvalue weighted by Gasteiger charge is -2.20. The summed E-state index contributed by atoms with van der Waals surface area (Å²) in [5, 5.41) is 0.734. The Morgan fingerprint density at radius 1 is 0.842 bits per heavy atom. The van der Waals surface area contributed by atoms with Crippen molar-refractivity contribution in [3.8, 4) is 11.1 Å². The van der Waals surface area contributed by atoms with Gasteiger partial charge in [0.15, 0.2) is 0 Å². The Morgan fingerprint density at radius 3 is 1.84 bits per heavy atom. The van der Waals surface area contributed by atoms with Crippen molar-refractivity contribution in [1.29, 1.82) is 0 Å². The monoisotopic (exact) mass is 400 g/mol. The number of benzene rings is 2. The molecule has 0 spiro atoms. The summed E-state index contributed by atoms with van der Waals surface area (Å²) in [6, 6.07) is 12.4. The van der Waals surface area contributed by atoms with Crippen molar-refractivity contribution in [2.75, 3.05) is 0 Å². The first-order valence-corrected chi connectivity index (χ1v) is 8.01. The fraction of sp³-hybridized carbons (Fsp3) is 0.250. The van der Waals surface area contributed by atoms with E-state index in [2.05, 4.69) is 70.8 Å². The van der Waals surface area contributed by atoms with Crippen molar-refractivity contribution in [3.63, 3.8) is 0 Å². The number of rotatable bonds is 1. The first kappa shape index (κ1) is 15.1. The Bertz CT molecular complexity index is 613. The van der Waals surface area contributed by atoms with E-state index in [0.29, 0.717) is 0 Å². The Hall–Kier alpha value is -0.310. The van der Waals surface area contributed by atoms with Gasteiger partial charge in [0, 0.05) is 14.0 Å². The van der Waals surface area contributed by atoms with Crippen LogP contribution < -0.4 is 0 Å². The minimum atomic E-state index is 0.151. The van der Waals surface area contributed by atoms with Crippen LogP contribution in [0.25, 0.3) is 11.1 Å². The molecule has 2 aromatic rings. The summed E-state index contributed by atoms with van der Waals surface area (Å²) in [4.78, 5) is 0. The second-order valence-electron chi connectivity index (χ2n) is 5.57. The predicted molar refractivity (Wildman–Crippen MR) is 91.0 cm³/mol. The summed E-state index contributed by atoms with van der Waals surface area (Å²) in [7, 11) is 0. The van der Waals surface area contributed by atoms with E-state index in [9.17, 15) is 0 Å². The quantitative estimate of drug-likeness (QED) is 0.490. The molecule has 0 saturated carbocycles. The first-order valence-electron chi connectivity index (χ1n) is 6.04. The minimum absolute atomic E-state index is 0.151. The van der Waals surface area contributed by atoms with E-state index in [1.54, 1.807) is 0 Å². The molecule has 2 rings (SSSR count). The molecule has 0 aliphatic heterocycles. The molecule has 0 fully saturated rings. The molecule has 19 heavy (non-hydrogen) atoms. The van der Waals surface area contributed by atoms with Crippen LogP contribution >= 0.6 is 43.5 Å². The lowest BCUT2D eigenvalue weighted by molar-refractivity contribution is 0.590. The molecular formula is C16H15Br2Cl. The van der Waals surface area contributed by atoms with Crippen LogP contribution in [0.5, 0.6) is 0 Å². The summed E-state index contributed by atoms with van der Waals surface area (Å²) in [5.41, 5.74) is 3.76. The molecule has 0 unspecified atom stereocenters. The van der Waals surface area contributed by atoms with E-state index in [4.69, 9.17) is 11.6 Å². The second kappa shape index (κ2) is 5.59. The van der Waals surface area contributed by atoms with E-state index >= 15 is 0 Å². The van der Waals surface area contributed by atoms with Crippen LogP contribution in [-0.2, 0) is 5.41 Å². The van der Waals surface area contributed by atoms with Crippen molar-refractivity contribution in [3.05, 3.63) is 55.9 Å². The van der Waals surface area contributed by atoms with Crippen molar-refractivity contribution in [1.82, 2.24) is 0 Å². The highest BCUT2D eigenvalue weighted by atomic mass is 79.9. The van der Waals surface area contributed by atoms with Crippen molar-refractivity contribution >= 4 is 43.5 Å². The molecule has 100 valence electrons. The third kappa shape index (κ3) is 3.42. The van der Waals surface area contributed by atoms with Gasteiger partial charge in [-0.25, -0.2) is 0 Å². The highest BCUT2D eigenvalue weighted by molar-refractivity contribution is 9.11. The van der Waals surface area contributed by atoms with E-state index < -0.39 is 0 Å². The van der Waals surface area contributed by atoms with Gasteiger partial charge in [-0.3, -0.25) is 0 Å². The molecule has 0 radical (unpaired) electrons. The average molecular weight is 403 g/mol. The zero-order chi connectivity index (χ0) is 14.2. The van der Waals surface area contributed by atoms with Gasteiger partial charge in [-0.1, -0.05) is 82.4 Å². The Labute approximate surface area is 136 Å².